The number of rotatable bonds is 7. The van der Waals surface area contributed by atoms with Crippen LogP contribution in [0, 0.1) is 23.7 Å². The predicted octanol–water partition coefficient (Wildman–Crippen LogP) is 4.07. The van der Waals surface area contributed by atoms with E-state index in [0.29, 0.717) is 11.8 Å². The Hall–Kier alpha value is 0.370. The van der Waals surface area contributed by atoms with Crippen molar-refractivity contribution in [2.24, 2.45) is 23.7 Å². The first kappa shape index (κ1) is 13.8. The van der Waals surface area contributed by atoms with Crippen LogP contribution in [0.15, 0.2) is 0 Å². The minimum atomic E-state index is 0.395. The fraction of sp³-hybridized carbons (Fsp3) is 0.929. The lowest BCUT2D eigenvalue weighted by molar-refractivity contribution is -0.114. The molecule has 0 unspecified atom stereocenters. The summed E-state index contributed by atoms with van der Waals surface area (Å²) in [5, 5.41) is 0. The Kier molecular flexibility index (Phi) is 5.28. The third-order valence-electron chi connectivity index (χ3n) is 4.48. The molecule has 3 heteroatoms. The van der Waals surface area contributed by atoms with Crippen molar-refractivity contribution in [1.29, 1.82) is 0 Å². The highest BCUT2D eigenvalue weighted by atomic mass is 32.2. The Morgan fingerprint density at radius 3 is 2.41 bits per heavy atom. The quantitative estimate of drug-likeness (QED) is 0.514. The Bertz CT molecular complexity index is 251. The van der Waals surface area contributed by atoms with Crippen molar-refractivity contribution >= 4 is 29.8 Å². The second kappa shape index (κ2) is 6.51. The van der Waals surface area contributed by atoms with Crippen LogP contribution in [0.5, 0.6) is 0 Å². The van der Waals surface area contributed by atoms with Crippen LogP contribution in [0.1, 0.15) is 39.5 Å². The lowest BCUT2D eigenvalue weighted by Crippen LogP contribution is -2.26. The second-order valence-electron chi connectivity index (χ2n) is 5.29. The normalized spacial score (nSPS) is 35.7. The summed E-state index contributed by atoms with van der Waals surface area (Å²) < 4.78 is 0.719. The molecule has 0 aromatic rings. The molecule has 2 aliphatic carbocycles. The lowest BCUT2D eigenvalue weighted by atomic mass is 9.79. The predicted molar refractivity (Wildman–Crippen MR) is 78.5 cm³/mol. The van der Waals surface area contributed by atoms with Gasteiger partial charge >= 0.3 is 0 Å². The maximum Gasteiger partial charge on any atom is 0.123 e. The smallest absolute Gasteiger partial charge is 0.123 e. The summed E-state index contributed by atoms with van der Waals surface area (Å²) in [4.78, 5) is 11.3. The van der Waals surface area contributed by atoms with E-state index in [1.807, 2.05) is 0 Å². The molecule has 0 spiro atoms. The zero-order valence-electron chi connectivity index (χ0n) is 10.9. The average molecular weight is 272 g/mol. The van der Waals surface area contributed by atoms with Gasteiger partial charge in [-0.15, -0.1) is 23.5 Å². The van der Waals surface area contributed by atoms with Crippen LogP contribution in [0.25, 0.3) is 0 Å². The van der Waals surface area contributed by atoms with Gasteiger partial charge in [0.05, 0.1) is 4.58 Å². The zero-order chi connectivity index (χ0) is 12.3. The zero-order valence-corrected chi connectivity index (χ0v) is 12.6. The number of thioether (sulfide) groups is 2. The van der Waals surface area contributed by atoms with Crippen LogP contribution in [0.2, 0.25) is 0 Å². The monoisotopic (exact) mass is 272 g/mol. The molecule has 98 valence electrons. The summed E-state index contributed by atoms with van der Waals surface area (Å²) in [6, 6.07) is 0. The minimum Gasteiger partial charge on any atom is -0.303 e. The highest BCUT2D eigenvalue weighted by molar-refractivity contribution is 8.16. The fourth-order valence-electron chi connectivity index (χ4n) is 3.79. The van der Waals surface area contributed by atoms with Gasteiger partial charge in [-0.1, -0.05) is 13.8 Å². The largest absolute Gasteiger partial charge is 0.303 e. The van der Waals surface area contributed by atoms with Crippen LogP contribution >= 0.6 is 23.5 Å². The van der Waals surface area contributed by atoms with E-state index in [0.717, 1.165) is 16.4 Å². The lowest BCUT2D eigenvalue weighted by Gasteiger charge is -2.30. The van der Waals surface area contributed by atoms with Crippen molar-refractivity contribution in [1.82, 2.24) is 0 Å². The van der Waals surface area contributed by atoms with Gasteiger partial charge in [0, 0.05) is 5.92 Å². The highest BCUT2D eigenvalue weighted by Gasteiger charge is 2.47. The molecule has 0 radical (unpaired) electrons. The average Bonchev–Trinajstić information content (AvgIpc) is 2.90. The SMILES string of the molecule is CCSC(C[C@@H]1[C@@H]2CC[C@@H](C2)[C@H]1C=O)SCC. The van der Waals surface area contributed by atoms with Gasteiger partial charge in [-0.3, -0.25) is 0 Å². The van der Waals surface area contributed by atoms with Crippen LogP contribution < -0.4 is 0 Å². The van der Waals surface area contributed by atoms with E-state index in [2.05, 4.69) is 37.4 Å². The van der Waals surface area contributed by atoms with Crippen molar-refractivity contribution < 1.29 is 4.79 Å². The molecule has 2 saturated carbocycles. The van der Waals surface area contributed by atoms with Gasteiger partial charge < -0.3 is 4.79 Å². The number of aldehydes is 1. The maximum atomic E-state index is 11.3. The van der Waals surface area contributed by atoms with Crippen LogP contribution in [0.3, 0.4) is 0 Å². The minimum absolute atomic E-state index is 0.395. The van der Waals surface area contributed by atoms with Gasteiger partial charge in [0.25, 0.3) is 0 Å². The fourth-order valence-corrected chi connectivity index (χ4v) is 6.46. The molecule has 0 heterocycles. The van der Waals surface area contributed by atoms with Crippen LogP contribution in [-0.2, 0) is 4.79 Å². The Balaban J connectivity index is 1.93. The molecule has 0 saturated heterocycles. The van der Waals surface area contributed by atoms with Crippen molar-refractivity contribution in [3.63, 3.8) is 0 Å². The van der Waals surface area contributed by atoms with E-state index in [9.17, 15) is 4.79 Å². The van der Waals surface area contributed by atoms with Crippen molar-refractivity contribution in [2.45, 2.75) is 44.1 Å². The molecular weight excluding hydrogens is 248 g/mol. The van der Waals surface area contributed by atoms with Crippen molar-refractivity contribution in [3.05, 3.63) is 0 Å². The molecular formula is C14H24OS2. The van der Waals surface area contributed by atoms with E-state index < -0.39 is 0 Å². The van der Waals surface area contributed by atoms with E-state index >= 15 is 0 Å². The molecule has 0 amide bonds. The first-order valence-electron chi connectivity index (χ1n) is 6.98. The molecule has 0 aliphatic heterocycles. The van der Waals surface area contributed by atoms with Gasteiger partial charge in [0.15, 0.2) is 0 Å². The molecule has 0 aromatic carbocycles. The number of hydrogen-bond donors (Lipinski definition) is 0. The van der Waals surface area contributed by atoms with Gasteiger partial charge in [0.2, 0.25) is 0 Å². The third kappa shape index (κ3) is 3.04. The van der Waals surface area contributed by atoms with Gasteiger partial charge in [-0.05, 0) is 54.9 Å². The van der Waals surface area contributed by atoms with Crippen LogP contribution in [0.4, 0.5) is 0 Å². The summed E-state index contributed by atoms with van der Waals surface area (Å²) in [5.41, 5.74) is 0. The van der Waals surface area contributed by atoms with E-state index in [1.165, 1.54) is 43.5 Å². The first-order chi connectivity index (χ1) is 8.30. The summed E-state index contributed by atoms with van der Waals surface area (Å²) in [6.07, 6.45) is 6.59. The molecule has 2 fully saturated rings. The molecule has 2 aliphatic rings. The Morgan fingerprint density at radius 1 is 1.18 bits per heavy atom. The summed E-state index contributed by atoms with van der Waals surface area (Å²) in [5.74, 6) is 5.10. The van der Waals surface area contributed by atoms with Crippen molar-refractivity contribution in [3.8, 4) is 0 Å². The van der Waals surface area contributed by atoms with Gasteiger partial charge in [0.1, 0.15) is 6.29 Å². The molecule has 4 atom stereocenters. The molecule has 0 N–H and O–H groups in total. The Morgan fingerprint density at radius 2 is 1.82 bits per heavy atom. The molecule has 2 rings (SSSR count). The third-order valence-corrected chi connectivity index (χ3v) is 7.10. The standard InChI is InChI=1S/C14H24OS2/c1-3-16-14(17-4-2)8-12-10-5-6-11(7-10)13(12)9-15/h9-14H,3-8H2,1-2H3/t10-,11+,12-,13-/m1/s1. The number of hydrogen-bond acceptors (Lipinski definition) is 3. The number of carbonyl (C=O) groups is 1. The molecule has 2 bridgehead atoms. The Labute approximate surface area is 114 Å². The highest BCUT2D eigenvalue weighted by Crippen LogP contribution is 2.54. The van der Waals surface area contributed by atoms with Gasteiger partial charge in [-0.2, -0.15) is 0 Å². The second-order valence-corrected chi connectivity index (χ2v) is 8.54. The van der Waals surface area contributed by atoms with E-state index in [-0.39, 0.29) is 0 Å². The number of carbonyl (C=O) groups excluding carboxylic acids is 1. The molecule has 0 aromatic heterocycles. The summed E-state index contributed by atoms with van der Waals surface area (Å²) in [7, 11) is 0. The van der Waals surface area contributed by atoms with Crippen molar-refractivity contribution in [2.75, 3.05) is 11.5 Å². The van der Waals surface area contributed by atoms with E-state index in [1.54, 1.807) is 0 Å². The summed E-state index contributed by atoms with van der Waals surface area (Å²) >= 11 is 4.15. The first-order valence-corrected chi connectivity index (χ1v) is 9.08. The van der Waals surface area contributed by atoms with Crippen LogP contribution in [-0.4, -0.2) is 22.4 Å². The molecule has 17 heavy (non-hydrogen) atoms. The summed E-state index contributed by atoms with van der Waals surface area (Å²) in [6.45, 7) is 4.48. The topological polar surface area (TPSA) is 17.1 Å². The maximum absolute atomic E-state index is 11.3. The number of fused-ring (bicyclic) bond motifs is 2. The van der Waals surface area contributed by atoms with E-state index in [4.69, 9.17) is 0 Å². The molecule has 1 nitrogen and oxygen atoms in total. The van der Waals surface area contributed by atoms with Gasteiger partial charge in [-0.25, -0.2) is 0 Å².